The molecule has 6 nitrogen and oxygen atoms in total. The average Bonchev–Trinajstić information content (AvgIpc) is 2.74. The molecule has 7 heteroatoms. The lowest BCUT2D eigenvalue weighted by Gasteiger charge is -2.34. The normalized spacial score (nSPS) is 14.5. The van der Waals surface area contributed by atoms with Crippen molar-refractivity contribution in [3.05, 3.63) is 65.2 Å². The molecule has 1 heterocycles. The molecule has 0 aliphatic carbocycles. The quantitative estimate of drug-likeness (QED) is 0.773. The van der Waals surface area contributed by atoms with Gasteiger partial charge in [-0.1, -0.05) is 41.9 Å². The van der Waals surface area contributed by atoms with Crippen molar-refractivity contribution in [2.24, 2.45) is 0 Å². The van der Waals surface area contributed by atoms with E-state index in [9.17, 15) is 9.59 Å². The summed E-state index contributed by atoms with van der Waals surface area (Å²) in [6.07, 6.45) is 0. The summed E-state index contributed by atoms with van der Waals surface area (Å²) in [7, 11) is 0. The van der Waals surface area contributed by atoms with E-state index in [4.69, 9.17) is 16.3 Å². The summed E-state index contributed by atoms with van der Waals surface area (Å²) in [5.41, 5.74) is 0.554. The summed E-state index contributed by atoms with van der Waals surface area (Å²) in [4.78, 5) is 28.4. The summed E-state index contributed by atoms with van der Waals surface area (Å²) in [6.45, 7) is 4.19. The summed E-state index contributed by atoms with van der Waals surface area (Å²) < 4.78 is 5.72. The highest BCUT2D eigenvalue weighted by Crippen LogP contribution is 2.22. The first kappa shape index (κ1) is 20.2. The number of amides is 2. The van der Waals surface area contributed by atoms with Crippen molar-refractivity contribution in [1.82, 2.24) is 15.1 Å². The molecule has 148 valence electrons. The van der Waals surface area contributed by atoms with Gasteiger partial charge in [0.25, 0.3) is 5.91 Å². The Morgan fingerprint density at radius 3 is 2.36 bits per heavy atom. The topological polar surface area (TPSA) is 61.9 Å². The molecule has 2 amide bonds. The molecule has 2 aromatic rings. The van der Waals surface area contributed by atoms with E-state index in [0.717, 1.165) is 19.6 Å². The lowest BCUT2D eigenvalue weighted by atomic mass is 10.2. The van der Waals surface area contributed by atoms with Gasteiger partial charge in [-0.15, -0.1) is 0 Å². The van der Waals surface area contributed by atoms with E-state index in [-0.39, 0.29) is 18.4 Å². The number of nitrogens with zero attached hydrogens (tertiary/aromatic N) is 2. The van der Waals surface area contributed by atoms with E-state index in [0.29, 0.717) is 36.0 Å². The van der Waals surface area contributed by atoms with E-state index in [1.807, 2.05) is 24.3 Å². The Morgan fingerprint density at radius 1 is 0.964 bits per heavy atom. The summed E-state index contributed by atoms with van der Waals surface area (Å²) in [6, 6.07) is 16.3. The first-order chi connectivity index (χ1) is 13.6. The van der Waals surface area contributed by atoms with Gasteiger partial charge in [-0.3, -0.25) is 14.5 Å². The molecule has 28 heavy (non-hydrogen) atoms. The van der Waals surface area contributed by atoms with Crippen molar-refractivity contribution in [1.29, 1.82) is 0 Å². The zero-order valence-corrected chi connectivity index (χ0v) is 16.4. The van der Waals surface area contributed by atoms with Crippen LogP contribution in [-0.2, 0) is 4.79 Å². The number of carbonyl (C=O) groups is 2. The van der Waals surface area contributed by atoms with Gasteiger partial charge >= 0.3 is 0 Å². The van der Waals surface area contributed by atoms with Crippen LogP contribution in [0.1, 0.15) is 10.4 Å². The van der Waals surface area contributed by atoms with Crippen LogP contribution in [-0.4, -0.2) is 67.5 Å². The molecule has 3 rings (SSSR count). The van der Waals surface area contributed by atoms with Crippen LogP contribution < -0.4 is 10.1 Å². The SMILES string of the molecule is O=C(NCC(=O)N1CCN(CCOc2ccccc2Cl)CC1)c1ccccc1. The fourth-order valence-corrected chi connectivity index (χ4v) is 3.22. The highest BCUT2D eigenvalue weighted by molar-refractivity contribution is 6.32. The third-order valence-corrected chi connectivity index (χ3v) is 4.98. The van der Waals surface area contributed by atoms with Crippen LogP contribution in [0, 0.1) is 0 Å². The van der Waals surface area contributed by atoms with E-state index in [1.165, 1.54) is 0 Å². The third kappa shape index (κ3) is 5.71. The fraction of sp³-hybridized carbons (Fsp3) is 0.333. The lowest BCUT2D eigenvalue weighted by molar-refractivity contribution is -0.131. The number of ether oxygens (including phenoxy) is 1. The Morgan fingerprint density at radius 2 is 1.64 bits per heavy atom. The molecule has 1 aliphatic heterocycles. The van der Waals surface area contributed by atoms with Gasteiger partial charge < -0.3 is 15.0 Å². The molecule has 1 aliphatic rings. The molecule has 0 saturated carbocycles. The third-order valence-electron chi connectivity index (χ3n) is 4.66. The Bertz CT molecular complexity index is 792. The number of halogens is 1. The largest absolute Gasteiger partial charge is 0.491 e. The number of piperazine rings is 1. The van der Waals surface area contributed by atoms with Crippen molar-refractivity contribution in [2.45, 2.75) is 0 Å². The maximum atomic E-state index is 12.3. The second-order valence-electron chi connectivity index (χ2n) is 6.55. The van der Waals surface area contributed by atoms with Gasteiger partial charge in [-0.2, -0.15) is 0 Å². The highest BCUT2D eigenvalue weighted by Gasteiger charge is 2.21. The number of rotatable bonds is 7. The first-order valence-electron chi connectivity index (χ1n) is 9.34. The molecule has 0 unspecified atom stereocenters. The molecular weight excluding hydrogens is 378 g/mol. The maximum Gasteiger partial charge on any atom is 0.251 e. The van der Waals surface area contributed by atoms with Crippen LogP contribution in [0.5, 0.6) is 5.75 Å². The van der Waals surface area contributed by atoms with Crippen LogP contribution in [0.25, 0.3) is 0 Å². The zero-order chi connectivity index (χ0) is 19.8. The van der Waals surface area contributed by atoms with Gasteiger partial charge in [0.15, 0.2) is 0 Å². The summed E-state index contributed by atoms with van der Waals surface area (Å²) in [5.74, 6) is 0.396. The Kier molecular flexibility index (Phi) is 7.28. The number of hydrogen-bond donors (Lipinski definition) is 1. The number of para-hydroxylation sites is 1. The smallest absolute Gasteiger partial charge is 0.251 e. The van der Waals surface area contributed by atoms with Gasteiger partial charge in [0.1, 0.15) is 12.4 Å². The predicted molar refractivity (Wildman–Crippen MR) is 109 cm³/mol. The van der Waals surface area contributed by atoms with Gasteiger partial charge in [-0.25, -0.2) is 0 Å². The Balaban J connectivity index is 1.35. The van der Waals surface area contributed by atoms with Crippen molar-refractivity contribution in [3.8, 4) is 5.75 Å². The maximum absolute atomic E-state index is 12.3. The van der Waals surface area contributed by atoms with Crippen molar-refractivity contribution < 1.29 is 14.3 Å². The number of benzene rings is 2. The molecule has 1 saturated heterocycles. The molecular formula is C21H24ClN3O3. The second-order valence-corrected chi connectivity index (χ2v) is 6.96. The Labute approximate surface area is 170 Å². The standard InChI is InChI=1S/C21H24ClN3O3/c22-18-8-4-5-9-19(18)28-15-14-24-10-12-25(13-11-24)20(26)16-23-21(27)17-6-2-1-3-7-17/h1-9H,10-16H2,(H,23,27). The molecule has 0 spiro atoms. The lowest BCUT2D eigenvalue weighted by Crippen LogP contribution is -2.51. The fourth-order valence-electron chi connectivity index (χ4n) is 3.03. The van der Waals surface area contributed by atoms with E-state index in [1.54, 1.807) is 35.2 Å². The molecule has 1 fully saturated rings. The van der Waals surface area contributed by atoms with Gasteiger partial charge in [-0.05, 0) is 24.3 Å². The van der Waals surface area contributed by atoms with Crippen LogP contribution in [0.15, 0.2) is 54.6 Å². The summed E-state index contributed by atoms with van der Waals surface area (Å²) in [5, 5.41) is 3.30. The van der Waals surface area contributed by atoms with Crippen LogP contribution in [0.2, 0.25) is 5.02 Å². The number of carbonyl (C=O) groups excluding carboxylic acids is 2. The molecule has 0 aromatic heterocycles. The molecule has 0 radical (unpaired) electrons. The average molecular weight is 402 g/mol. The number of hydrogen-bond acceptors (Lipinski definition) is 4. The van der Waals surface area contributed by atoms with Gasteiger partial charge in [0.2, 0.25) is 5.91 Å². The van der Waals surface area contributed by atoms with Gasteiger partial charge in [0, 0.05) is 38.3 Å². The second kappa shape index (κ2) is 10.1. The van der Waals surface area contributed by atoms with E-state index in [2.05, 4.69) is 10.2 Å². The summed E-state index contributed by atoms with van der Waals surface area (Å²) >= 11 is 6.08. The first-order valence-corrected chi connectivity index (χ1v) is 9.72. The molecule has 1 N–H and O–H groups in total. The van der Waals surface area contributed by atoms with Crippen LogP contribution >= 0.6 is 11.6 Å². The van der Waals surface area contributed by atoms with E-state index < -0.39 is 0 Å². The molecule has 0 atom stereocenters. The van der Waals surface area contributed by atoms with Crippen molar-refractivity contribution >= 4 is 23.4 Å². The minimum Gasteiger partial charge on any atom is -0.491 e. The predicted octanol–water partition coefficient (Wildman–Crippen LogP) is 2.29. The minimum atomic E-state index is -0.232. The number of nitrogens with one attached hydrogen (secondary N) is 1. The van der Waals surface area contributed by atoms with Crippen LogP contribution in [0.3, 0.4) is 0 Å². The molecule has 2 aromatic carbocycles. The van der Waals surface area contributed by atoms with Crippen molar-refractivity contribution in [3.63, 3.8) is 0 Å². The van der Waals surface area contributed by atoms with E-state index >= 15 is 0 Å². The minimum absolute atomic E-state index is 0.0172. The molecule has 0 bridgehead atoms. The zero-order valence-electron chi connectivity index (χ0n) is 15.6. The highest BCUT2D eigenvalue weighted by atomic mass is 35.5. The monoisotopic (exact) mass is 401 g/mol. The van der Waals surface area contributed by atoms with Crippen molar-refractivity contribution in [2.75, 3.05) is 45.9 Å². The Hall–Kier alpha value is -2.57. The van der Waals surface area contributed by atoms with Crippen LogP contribution in [0.4, 0.5) is 0 Å². The van der Waals surface area contributed by atoms with Gasteiger partial charge in [0.05, 0.1) is 11.6 Å².